The van der Waals surface area contributed by atoms with Crippen molar-refractivity contribution < 1.29 is 4.79 Å². The quantitative estimate of drug-likeness (QED) is 0.421. The van der Waals surface area contributed by atoms with Crippen LogP contribution in [0.1, 0.15) is 35.6 Å². The van der Waals surface area contributed by atoms with E-state index >= 15 is 0 Å². The van der Waals surface area contributed by atoms with Crippen molar-refractivity contribution in [3.8, 4) is 6.07 Å². The highest BCUT2D eigenvalue weighted by molar-refractivity contribution is 5.86. The molecule has 37 heavy (non-hydrogen) atoms. The number of nitriles is 1. The van der Waals surface area contributed by atoms with Crippen LogP contribution >= 0.6 is 0 Å². The zero-order valence-corrected chi connectivity index (χ0v) is 21.4. The van der Waals surface area contributed by atoms with Gasteiger partial charge in [-0.15, -0.1) is 0 Å². The average molecular weight is 493 g/mol. The number of carbonyl (C=O) groups is 1. The van der Waals surface area contributed by atoms with Crippen LogP contribution in [0.15, 0.2) is 54.6 Å². The van der Waals surface area contributed by atoms with Gasteiger partial charge in [-0.05, 0) is 49.1 Å². The van der Waals surface area contributed by atoms with Crippen molar-refractivity contribution in [1.82, 2.24) is 19.2 Å². The number of aryl methyl sites for hydroxylation is 1. The maximum atomic E-state index is 12.0. The smallest absolute Gasteiger partial charge is 0.219 e. The second-order valence-corrected chi connectivity index (χ2v) is 10.1. The standard InChI is InChI=1S/C30H32N6O/c1-22(37)34-16-18-35(19-17-34)30-26-21-33(14-7-10-23-8-3-2-4-9-23)15-13-24(26)25(20-31)29-32-27-11-5-6-12-28(27)36(29)30/h2-6,8-9,11-12H,7,10,13-19,21H2,1H3. The average Bonchev–Trinajstić information content (AvgIpc) is 3.31. The van der Waals surface area contributed by atoms with E-state index in [1.54, 1.807) is 6.92 Å². The van der Waals surface area contributed by atoms with Crippen LogP contribution in [0, 0.1) is 11.3 Å². The van der Waals surface area contributed by atoms with Crippen molar-refractivity contribution in [3.05, 3.63) is 76.9 Å². The molecule has 0 atom stereocenters. The molecule has 1 saturated heterocycles. The van der Waals surface area contributed by atoms with Crippen molar-refractivity contribution in [2.24, 2.45) is 0 Å². The second-order valence-electron chi connectivity index (χ2n) is 10.1. The van der Waals surface area contributed by atoms with Crippen molar-refractivity contribution in [2.75, 3.05) is 44.2 Å². The number of fused-ring (bicyclic) bond motifs is 4. The Kier molecular flexibility index (Phi) is 6.27. The van der Waals surface area contributed by atoms with Crippen molar-refractivity contribution >= 4 is 28.4 Å². The summed E-state index contributed by atoms with van der Waals surface area (Å²) in [4.78, 5) is 23.8. The molecule has 0 bridgehead atoms. The zero-order chi connectivity index (χ0) is 25.4. The summed E-state index contributed by atoms with van der Waals surface area (Å²) in [5.41, 5.74) is 7.17. The van der Waals surface area contributed by atoms with Gasteiger partial charge in [0.25, 0.3) is 0 Å². The SMILES string of the molecule is CC(=O)N1CCN(c2c3c(c(C#N)c4nc5ccccc5n24)CCN(CCCc2ccccc2)C3)CC1. The zero-order valence-electron chi connectivity index (χ0n) is 21.4. The number of pyridine rings is 1. The van der Waals surface area contributed by atoms with E-state index in [0.29, 0.717) is 18.7 Å². The van der Waals surface area contributed by atoms with Crippen LogP contribution in [0.2, 0.25) is 0 Å². The summed E-state index contributed by atoms with van der Waals surface area (Å²) >= 11 is 0. The Balaban J connectivity index is 1.40. The number of benzene rings is 2. The van der Waals surface area contributed by atoms with Gasteiger partial charge in [-0.3, -0.25) is 14.1 Å². The molecular weight excluding hydrogens is 460 g/mol. The molecule has 0 unspecified atom stereocenters. The topological polar surface area (TPSA) is 67.9 Å². The first-order valence-electron chi connectivity index (χ1n) is 13.3. The molecule has 0 saturated carbocycles. The maximum absolute atomic E-state index is 12.0. The number of carbonyl (C=O) groups excluding carboxylic acids is 1. The van der Waals surface area contributed by atoms with Crippen LogP contribution in [0.3, 0.4) is 0 Å². The molecule has 188 valence electrons. The molecule has 0 aliphatic carbocycles. The lowest BCUT2D eigenvalue weighted by atomic mass is 9.95. The Bertz CT molecular complexity index is 1490. The fraction of sp³-hybridized carbons (Fsp3) is 0.367. The van der Waals surface area contributed by atoms with Gasteiger partial charge in [-0.25, -0.2) is 4.98 Å². The van der Waals surface area contributed by atoms with E-state index in [4.69, 9.17) is 4.98 Å². The largest absolute Gasteiger partial charge is 0.354 e. The molecule has 0 spiro atoms. The summed E-state index contributed by atoms with van der Waals surface area (Å²) in [6.07, 6.45) is 3.02. The fourth-order valence-electron chi connectivity index (χ4n) is 6.00. The van der Waals surface area contributed by atoms with Gasteiger partial charge in [-0.2, -0.15) is 5.26 Å². The van der Waals surface area contributed by atoms with Crippen LogP contribution < -0.4 is 4.90 Å². The first kappa shape index (κ1) is 23.5. The van der Waals surface area contributed by atoms with E-state index in [1.807, 2.05) is 23.1 Å². The maximum Gasteiger partial charge on any atom is 0.219 e. The molecule has 0 radical (unpaired) electrons. The molecule has 1 amide bonds. The van der Waals surface area contributed by atoms with E-state index in [1.165, 1.54) is 11.1 Å². The highest BCUT2D eigenvalue weighted by Crippen LogP contribution is 2.37. The van der Waals surface area contributed by atoms with Gasteiger partial charge < -0.3 is 9.80 Å². The molecular formula is C30H32N6O. The number of amides is 1. The minimum absolute atomic E-state index is 0.129. The molecule has 7 heteroatoms. The summed E-state index contributed by atoms with van der Waals surface area (Å²) in [5, 5.41) is 10.3. The molecule has 2 aromatic carbocycles. The van der Waals surface area contributed by atoms with E-state index in [9.17, 15) is 10.1 Å². The van der Waals surface area contributed by atoms with Crippen molar-refractivity contribution in [2.45, 2.75) is 32.7 Å². The van der Waals surface area contributed by atoms with Gasteiger partial charge in [0.1, 0.15) is 11.9 Å². The monoisotopic (exact) mass is 492 g/mol. The van der Waals surface area contributed by atoms with E-state index in [0.717, 1.165) is 80.0 Å². The van der Waals surface area contributed by atoms with Crippen LogP contribution in [0.25, 0.3) is 16.7 Å². The number of piperazine rings is 1. The molecule has 6 rings (SSSR count). The van der Waals surface area contributed by atoms with Crippen molar-refractivity contribution in [1.29, 1.82) is 5.26 Å². The fourth-order valence-corrected chi connectivity index (χ4v) is 6.00. The van der Waals surface area contributed by atoms with E-state index < -0.39 is 0 Å². The van der Waals surface area contributed by atoms with Crippen LogP contribution in [-0.4, -0.2) is 64.4 Å². The number of imidazole rings is 1. The predicted molar refractivity (Wildman–Crippen MR) is 146 cm³/mol. The Labute approximate surface area is 217 Å². The van der Waals surface area contributed by atoms with Gasteiger partial charge in [0, 0.05) is 51.8 Å². The molecule has 1 fully saturated rings. The highest BCUT2D eigenvalue weighted by Gasteiger charge is 2.31. The van der Waals surface area contributed by atoms with E-state index in [2.05, 4.69) is 56.7 Å². The summed E-state index contributed by atoms with van der Waals surface area (Å²) < 4.78 is 2.21. The minimum atomic E-state index is 0.129. The third-order valence-corrected chi connectivity index (χ3v) is 7.91. The van der Waals surface area contributed by atoms with Gasteiger partial charge in [0.05, 0.1) is 16.6 Å². The van der Waals surface area contributed by atoms with Gasteiger partial charge >= 0.3 is 0 Å². The number of para-hydroxylation sites is 2. The van der Waals surface area contributed by atoms with Gasteiger partial charge in [0.2, 0.25) is 5.91 Å². The van der Waals surface area contributed by atoms with E-state index in [-0.39, 0.29) is 5.91 Å². The lowest BCUT2D eigenvalue weighted by Gasteiger charge is -2.39. The summed E-state index contributed by atoms with van der Waals surface area (Å²) in [5.74, 6) is 1.28. The molecule has 4 aromatic rings. The van der Waals surface area contributed by atoms with Gasteiger partial charge in [-0.1, -0.05) is 42.5 Å². The summed E-state index contributed by atoms with van der Waals surface area (Å²) in [6.45, 7) is 7.40. The molecule has 2 aliphatic heterocycles. The molecule has 4 heterocycles. The lowest BCUT2D eigenvalue weighted by Crippen LogP contribution is -2.49. The first-order chi connectivity index (χ1) is 18.1. The Morgan fingerprint density at radius 3 is 2.49 bits per heavy atom. The molecule has 2 aliphatic rings. The number of aromatic nitrogens is 2. The summed E-state index contributed by atoms with van der Waals surface area (Å²) in [7, 11) is 0. The molecule has 0 N–H and O–H groups in total. The predicted octanol–water partition coefficient (Wildman–Crippen LogP) is 4.02. The minimum Gasteiger partial charge on any atom is -0.354 e. The van der Waals surface area contributed by atoms with Crippen molar-refractivity contribution in [3.63, 3.8) is 0 Å². The van der Waals surface area contributed by atoms with Crippen LogP contribution in [0.4, 0.5) is 5.82 Å². The molecule has 2 aromatic heterocycles. The highest BCUT2D eigenvalue weighted by atomic mass is 16.2. The number of anilines is 1. The Hall–Kier alpha value is -3.89. The normalized spacial score (nSPS) is 16.2. The lowest BCUT2D eigenvalue weighted by molar-refractivity contribution is -0.129. The van der Waals surface area contributed by atoms with Crippen LogP contribution in [-0.2, 0) is 24.2 Å². The number of hydrogen-bond acceptors (Lipinski definition) is 5. The van der Waals surface area contributed by atoms with Gasteiger partial charge in [0.15, 0.2) is 5.65 Å². The first-order valence-corrected chi connectivity index (χ1v) is 13.3. The number of rotatable bonds is 5. The summed E-state index contributed by atoms with van der Waals surface area (Å²) in [6, 6.07) is 21.3. The second kappa shape index (κ2) is 9.87. The van der Waals surface area contributed by atoms with Crippen LogP contribution in [0.5, 0.6) is 0 Å². The number of nitrogens with zero attached hydrogens (tertiary/aromatic N) is 6. The third-order valence-electron chi connectivity index (χ3n) is 7.91. The Morgan fingerprint density at radius 2 is 1.73 bits per heavy atom. The molecule has 7 nitrogen and oxygen atoms in total. The third kappa shape index (κ3) is 4.32. The number of hydrogen-bond donors (Lipinski definition) is 0. The Morgan fingerprint density at radius 1 is 0.973 bits per heavy atom.